The van der Waals surface area contributed by atoms with Gasteiger partial charge in [-0.05, 0) is 61.2 Å². The summed E-state index contributed by atoms with van der Waals surface area (Å²) in [5.74, 6) is 0.230. The summed E-state index contributed by atoms with van der Waals surface area (Å²) >= 11 is 1.42. The smallest absolute Gasteiger partial charge is 0.234 e. The van der Waals surface area contributed by atoms with Gasteiger partial charge in [0.15, 0.2) is 0 Å². The van der Waals surface area contributed by atoms with Crippen LogP contribution in [-0.4, -0.2) is 26.3 Å². The van der Waals surface area contributed by atoms with Gasteiger partial charge in [-0.2, -0.15) is 5.10 Å². The van der Waals surface area contributed by atoms with Crippen LogP contribution < -0.4 is 5.32 Å². The molecule has 4 rings (SSSR count). The summed E-state index contributed by atoms with van der Waals surface area (Å²) in [7, 11) is 0. The monoisotopic (exact) mass is 416 g/mol. The SMILES string of the molecule is CCc1ccc(NC(=O)CSc2nccn3nc(-c4ccc(C)c(C)c4)cc23)cc1. The van der Waals surface area contributed by atoms with Crippen LogP contribution in [0.1, 0.15) is 23.6 Å². The van der Waals surface area contributed by atoms with E-state index in [1.165, 1.54) is 28.5 Å². The normalized spacial score (nSPS) is 11.0. The van der Waals surface area contributed by atoms with Crippen molar-refractivity contribution in [3.63, 3.8) is 0 Å². The quantitative estimate of drug-likeness (QED) is 0.433. The minimum Gasteiger partial charge on any atom is -0.325 e. The van der Waals surface area contributed by atoms with Gasteiger partial charge < -0.3 is 5.32 Å². The molecule has 0 aliphatic carbocycles. The zero-order valence-electron chi connectivity index (χ0n) is 17.3. The molecule has 1 N–H and O–H groups in total. The average Bonchev–Trinajstić information content (AvgIpc) is 3.19. The summed E-state index contributed by atoms with van der Waals surface area (Å²) in [5, 5.41) is 8.42. The number of aromatic nitrogens is 3. The highest BCUT2D eigenvalue weighted by Crippen LogP contribution is 2.27. The van der Waals surface area contributed by atoms with Gasteiger partial charge in [-0.3, -0.25) is 4.79 Å². The van der Waals surface area contributed by atoms with E-state index in [1.54, 1.807) is 6.20 Å². The molecular weight excluding hydrogens is 392 g/mol. The number of thioether (sulfide) groups is 1. The van der Waals surface area contributed by atoms with Crippen molar-refractivity contribution in [2.75, 3.05) is 11.1 Å². The highest BCUT2D eigenvalue weighted by molar-refractivity contribution is 8.00. The third kappa shape index (κ3) is 4.39. The maximum Gasteiger partial charge on any atom is 0.234 e. The van der Waals surface area contributed by atoms with Crippen molar-refractivity contribution >= 4 is 28.9 Å². The topological polar surface area (TPSA) is 59.3 Å². The second kappa shape index (κ2) is 8.71. The van der Waals surface area contributed by atoms with Gasteiger partial charge in [0.25, 0.3) is 0 Å². The maximum absolute atomic E-state index is 12.4. The van der Waals surface area contributed by atoms with Crippen molar-refractivity contribution in [3.8, 4) is 11.3 Å². The third-order valence-electron chi connectivity index (χ3n) is 5.14. The van der Waals surface area contributed by atoms with Gasteiger partial charge in [-0.25, -0.2) is 9.50 Å². The fraction of sp³-hybridized carbons (Fsp3) is 0.208. The predicted molar refractivity (Wildman–Crippen MR) is 123 cm³/mol. The Hall–Kier alpha value is -3.12. The van der Waals surface area contributed by atoms with Crippen LogP contribution in [0.5, 0.6) is 0 Å². The van der Waals surface area contributed by atoms with Crippen molar-refractivity contribution in [1.82, 2.24) is 14.6 Å². The van der Waals surface area contributed by atoms with Gasteiger partial charge in [-0.15, -0.1) is 0 Å². The summed E-state index contributed by atoms with van der Waals surface area (Å²) in [5.41, 5.74) is 7.43. The number of amides is 1. The van der Waals surface area contributed by atoms with Gasteiger partial charge >= 0.3 is 0 Å². The number of carbonyl (C=O) groups excluding carboxylic acids is 1. The lowest BCUT2D eigenvalue weighted by atomic mass is 10.0. The summed E-state index contributed by atoms with van der Waals surface area (Å²) in [4.78, 5) is 16.9. The highest BCUT2D eigenvalue weighted by Gasteiger charge is 2.12. The lowest BCUT2D eigenvalue weighted by molar-refractivity contribution is -0.113. The van der Waals surface area contributed by atoms with E-state index in [9.17, 15) is 4.79 Å². The van der Waals surface area contributed by atoms with Crippen molar-refractivity contribution in [3.05, 3.63) is 77.6 Å². The number of nitrogens with zero attached hydrogens (tertiary/aromatic N) is 3. The number of carbonyl (C=O) groups is 1. The van der Waals surface area contributed by atoms with Gasteiger partial charge in [0.2, 0.25) is 5.91 Å². The van der Waals surface area contributed by atoms with Crippen LogP contribution in [0, 0.1) is 13.8 Å². The van der Waals surface area contributed by atoms with E-state index in [-0.39, 0.29) is 11.7 Å². The zero-order chi connectivity index (χ0) is 21.1. The van der Waals surface area contributed by atoms with Crippen LogP contribution in [-0.2, 0) is 11.2 Å². The molecule has 0 unspecified atom stereocenters. The van der Waals surface area contributed by atoms with Crippen molar-refractivity contribution < 1.29 is 4.79 Å². The molecule has 1 amide bonds. The molecule has 2 aromatic carbocycles. The minimum atomic E-state index is -0.0538. The standard InChI is InChI=1S/C24H24N4OS/c1-4-18-6-9-20(10-7-18)26-23(29)15-30-24-22-14-21(27-28(22)12-11-25-24)19-8-5-16(2)17(3)13-19/h5-14H,4,15H2,1-3H3,(H,26,29). The number of hydrogen-bond donors (Lipinski definition) is 1. The molecular formula is C24H24N4OS. The van der Waals surface area contributed by atoms with Crippen molar-refractivity contribution in [1.29, 1.82) is 0 Å². The number of hydrogen-bond acceptors (Lipinski definition) is 4. The molecule has 0 fully saturated rings. The molecule has 0 aliphatic rings. The number of anilines is 1. The van der Waals surface area contributed by atoms with E-state index < -0.39 is 0 Å². The Morgan fingerprint density at radius 3 is 2.60 bits per heavy atom. The molecule has 30 heavy (non-hydrogen) atoms. The van der Waals surface area contributed by atoms with E-state index in [0.29, 0.717) is 0 Å². The summed E-state index contributed by atoms with van der Waals surface area (Å²) in [6.07, 6.45) is 4.53. The van der Waals surface area contributed by atoms with E-state index in [1.807, 2.05) is 41.0 Å². The van der Waals surface area contributed by atoms with Crippen LogP contribution in [0.4, 0.5) is 5.69 Å². The summed E-state index contributed by atoms with van der Waals surface area (Å²) in [6.45, 7) is 6.32. The van der Waals surface area contributed by atoms with E-state index in [2.05, 4.69) is 54.4 Å². The molecule has 6 heteroatoms. The highest BCUT2D eigenvalue weighted by atomic mass is 32.2. The Balaban J connectivity index is 1.49. The summed E-state index contributed by atoms with van der Waals surface area (Å²) in [6, 6.07) is 16.3. The average molecular weight is 417 g/mol. The van der Waals surface area contributed by atoms with Crippen molar-refractivity contribution in [2.24, 2.45) is 0 Å². The largest absolute Gasteiger partial charge is 0.325 e. The number of rotatable bonds is 6. The second-order valence-electron chi connectivity index (χ2n) is 7.28. The van der Waals surface area contributed by atoms with Gasteiger partial charge in [0.1, 0.15) is 5.03 Å². The molecule has 0 saturated carbocycles. The Bertz CT molecular complexity index is 1200. The van der Waals surface area contributed by atoms with E-state index in [0.717, 1.165) is 33.9 Å². The van der Waals surface area contributed by atoms with Crippen LogP contribution >= 0.6 is 11.8 Å². The minimum absolute atomic E-state index is 0.0538. The molecule has 5 nitrogen and oxygen atoms in total. The number of fused-ring (bicyclic) bond motifs is 1. The first-order valence-electron chi connectivity index (χ1n) is 9.97. The Kier molecular flexibility index (Phi) is 5.86. The molecule has 152 valence electrons. The first-order chi connectivity index (χ1) is 14.5. The Morgan fingerprint density at radius 2 is 1.87 bits per heavy atom. The van der Waals surface area contributed by atoms with Gasteiger partial charge in [-0.1, -0.05) is 43.0 Å². The third-order valence-corrected chi connectivity index (χ3v) is 6.14. The molecule has 0 aliphatic heterocycles. The molecule has 0 bridgehead atoms. The predicted octanol–water partition coefficient (Wildman–Crippen LogP) is 5.31. The molecule has 4 aromatic rings. The lowest BCUT2D eigenvalue weighted by Crippen LogP contribution is -2.14. The number of nitrogens with one attached hydrogen (secondary N) is 1. The Morgan fingerprint density at radius 1 is 1.07 bits per heavy atom. The molecule has 0 saturated heterocycles. The maximum atomic E-state index is 12.4. The van der Waals surface area contributed by atoms with Crippen LogP contribution in [0.2, 0.25) is 0 Å². The first-order valence-corrected chi connectivity index (χ1v) is 11.0. The number of aryl methyl sites for hydroxylation is 3. The van der Waals surface area contributed by atoms with Gasteiger partial charge in [0, 0.05) is 23.6 Å². The Labute approximate surface area is 180 Å². The fourth-order valence-corrected chi connectivity index (χ4v) is 3.98. The van der Waals surface area contributed by atoms with E-state index >= 15 is 0 Å². The van der Waals surface area contributed by atoms with Crippen LogP contribution in [0.15, 0.2) is 66.0 Å². The van der Waals surface area contributed by atoms with Gasteiger partial charge in [0.05, 0.1) is 17.0 Å². The van der Waals surface area contributed by atoms with Crippen LogP contribution in [0.3, 0.4) is 0 Å². The zero-order valence-corrected chi connectivity index (χ0v) is 18.2. The van der Waals surface area contributed by atoms with Crippen molar-refractivity contribution in [2.45, 2.75) is 32.2 Å². The molecule has 2 heterocycles. The molecule has 0 radical (unpaired) electrons. The first kappa shape index (κ1) is 20.2. The fourth-order valence-electron chi connectivity index (χ4n) is 3.21. The lowest BCUT2D eigenvalue weighted by Gasteiger charge is -2.06. The summed E-state index contributed by atoms with van der Waals surface area (Å²) < 4.78 is 1.82. The molecule has 0 spiro atoms. The second-order valence-corrected chi connectivity index (χ2v) is 8.24. The van der Waals surface area contributed by atoms with E-state index in [4.69, 9.17) is 0 Å². The molecule has 0 atom stereocenters. The number of benzene rings is 2. The van der Waals surface area contributed by atoms with Crippen LogP contribution in [0.25, 0.3) is 16.8 Å². The molecule has 2 aromatic heterocycles.